The molecule has 0 atom stereocenters. The average Bonchev–Trinajstić information content (AvgIpc) is 2.81. The zero-order valence-electron chi connectivity index (χ0n) is 19.3. The summed E-state index contributed by atoms with van der Waals surface area (Å²) in [5.74, 6) is 0. The molecule has 0 bridgehead atoms. The van der Waals surface area contributed by atoms with E-state index in [4.69, 9.17) is 12.2 Å². The van der Waals surface area contributed by atoms with Crippen LogP contribution in [0.4, 0.5) is 5.69 Å². The summed E-state index contributed by atoms with van der Waals surface area (Å²) in [5, 5.41) is 5.27. The number of benzene rings is 2. The standard InChI is InChI=1S/C27H33N3OS/c1-4-20-10-8-9-13-24(20)28-27(32)30(23-11-6-5-7-12-23)17-22-16-21-15-14-18(2)19(3)25(21)29-26(22)31/h8-10,13-16,23H,4-7,11-12,17H2,1-3H3,(H,28,32)(H,29,31). The second kappa shape index (κ2) is 9.86. The number of hydrogen-bond donors (Lipinski definition) is 2. The van der Waals surface area contributed by atoms with Crippen LogP contribution in [0, 0.1) is 13.8 Å². The highest BCUT2D eigenvalue weighted by molar-refractivity contribution is 7.80. The number of aromatic nitrogens is 1. The average molecular weight is 448 g/mol. The maximum Gasteiger partial charge on any atom is 0.253 e. The summed E-state index contributed by atoms with van der Waals surface area (Å²) >= 11 is 5.92. The number of aryl methyl sites for hydroxylation is 3. The van der Waals surface area contributed by atoms with E-state index in [1.54, 1.807) is 0 Å². The Balaban J connectivity index is 1.66. The molecule has 1 saturated carbocycles. The number of thiocarbonyl (C=S) groups is 1. The van der Waals surface area contributed by atoms with Crippen molar-refractivity contribution < 1.29 is 0 Å². The summed E-state index contributed by atoms with van der Waals surface area (Å²) in [4.78, 5) is 18.4. The minimum Gasteiger partial charge on any atom is -0.342 e. The van der Waals surface area contributed by atoms with E-state index in [2.05, 4.69) is 66.3 Å². The van der Waals surface area contributed by atoms with Crippen LogP contribution in [-0.2, 0) is 13.0 Å². The number of rotatable bonds is 5. The Hall–Kier alpha value is -2.66. The number of para-hydroxylation sites is 1. The molecule has 4 nitrogen and oxygen atoms in total. The van der Waals surface area contributed by atoms with Gasteiger partial charge in [0, 0.05) is 17.3 Å². The lowest BCUT2D eigenvalue weighted by atomic mass is 9.94. The summed E-state index contributed by atoms with van der Waals surface area (Å²) in [6.07, 6.45) is 6.86. The smallest absolute Gasteiger partial charge is 0.253 e. The Kier molecular flexibility index (Phi) is 6.95. The van der Waals surface area contributed by atoms with Gasteiger partial charge < -0.3 is 15.2 Å². The monoisotopic (exact) mass is 447 g/mol. The number of aromatic amines is 1. The van der Waals surface area contributed by atoms with Gasteiger partial charge in [-0.2, -0.15) is 0 Å². The molecule has 5 heteroatoms. The molecule has 0 radical (unpaired) electrons. The minimum absolute atomic E-state index is 0.0243. The number of nitrogens with zero attached hydrogens (tertiary/aromatic N) is 1. The quantitative estimate of drug-likeness (QED) is 0.455. The lowest BCUT2D eigenvalue weighted by Crippen LogP contribution is -2.44. The van der Waals surface area contributed by atoms with Crippen molar-refractivity contribution in [3.05, 3.63) is 75.1 Å². The van der Waals surface area contributed by atoms with Gasteiger partial charge in [0.1, 0.15) is 0 Å². The Bertz CT molecular complexity index is 1180. The molecule has 2 N–H and O–H groups in total. The van der Waals surface area contributed by atoms with Gasteiger partial charge in [0.05, 0.1) is 12.1 Å². The lowest BCUT2D eigenvalue weighted by molar-refractivity contribution is 0.240. The van der Waals surface area contributed by atoms with Gasteiger partial charge in [-0.15, -0.1) is 0 Å². The fourth-order valence-electron chi connectivity index (χ4n) is 4.77. The molecule has 32 heavy (non-hydrogen) atoms. The SMILES string of the molecule is CCc1ccccc1NC(=S)N(Cc1cc2ccc(C)c(C)c2[nH]c1=O)C1CCCCC1. The van der Waals surface area contributed by atoms with Crippen molar-refractivity contribution in [2.45, 2.75) is 71.9 Å². The largest absolute Gasteiger partial charge is 0.342 e. The molecule has 0 saturated heterocycles. The van der Waals surface area contributed by atoms with Crippen LogP contribution in [0.2, 0.25) is 0 Å². The zero-order chi connectivity index (χ0) is 22.7. The highest BCUT2D eigenvalue weighted by atomic mass is 32.1. The van der Waals surface area contributed by atoms with Crippen LogP contribution in [0.5, 0.6) is 0 Å². The highest BCUT2D eigenvalue weighted by Gasteiger charge is 2.25. The lowest BCUT2D eigenvalue weighted by Gasteiger charge is -2.36. The van der Waals surface area contributed by atoms with Crippen molar-refractivity contribution in [1.29, 1.82) is 0 Å². The molecule has 1 fully saturated rings. The number of nitrogens with one attached hydrogen (secondary N) is 2. The van der Waals surface area contributed by atoms with Crippen molar-refractivity contribution in [3.63, 3.8) is 0 Å². The van der Waals surface area contributed by atoms with E-state index in [1.165, 1.54) is 30.4 Å². The van der Waals surface area contributed by atoms with Gasteiger partial charge in [0.25, 0.3) is 5.56 Å². The van der Waals surface area contributed by atoms with Gasteiger partial charge in [-0.05, 0) is 79.5 Å². The molecule has 1 aromatic heterocycles. The fourth-order valence-corrected chi connectivity index (χ4v) is 5.09. The number of hydrogen-bond acceptors (Lipinski definition) is 2. The summed E-state index contributed by atoms with van der Waals surface area (Å²) in [6, 6.07) is 14.9. The van der Waals surface area contributed by atoms with E-state index in [1.807, 2.05) is 12.1 Å². The zero-order valence-corrected chi connectivity index (χ0v) is 20.1. The molecule has 0 spiro atoms. The van der Waals surface area contributed by atoms with Gasteiger partial charge in [0.2, 0.25) is 0 Å². The third-order valence-electron chi connectivity index (χ3n) is 6.88. The van der Waals surface area contributed by atoms with Crippen molar-refractivity contribution in [3.8, 4) is 0 Å². The number of fused-ring (bicyclic) bond motifs is 1. The maximum absolute atomic E-state index is 13.1. The van der Waals surface area contributed by atoms with E-state index in [0.29, 0.717) is 17.7 Å². The molecule has 168 valence electrons. The summed E-state index contributed by atoms with van der Waals surface area (Å²) in [6.45, 7) is 6.81. The van der Waals surface area contributed by atoms with Crippen LogP contribution in [0.25, 0.3) is 10.9 Å². The first-order valence-corrected chi connectivity index (χ1v) is 12.2. The second-order valence-corrected chi connectivity index (χ2v) is 9.34. The Labute approximate surface area is 196 Å². The Morgan fingerprint density at radius 3 is 2.59 bits per heavy atom. The van der Waals surface area contributed by atoms with Gasteiger partial charge in [-0.3, -0.25) is 4.79 Å². The Morgan fingerprint density at radius 2 is 1.84 bits per heavy atom. The molecule has 3 aromatic rings. The summed E-state index contributed by atoms with van der Waals surface area (Å²) < 4.78 is 0. The number of pyridine rings is 1. The van der Waals surface area contributed by atoms with Crippen LogP contribution < -0.4 is 10.9 Å². The topological polar surface area (TPSA) is 48.1 Å². The van der Waals surface area contributed by atoms with Crippen molar-refractivity contribution in [2.24, 2.45) is 0 Å². The molecule has 1 heterocycles. The van der Waals surface area contributed by atoms with Crippen molar-refractivity contribution in [1.82, 2.24) is 9.88 Å². The summed E-state index contributed by atoms with van der Waals surface area (Å²) in [7, 11) is 0. The predicted molar refractivity (Wildman–Crippen MR) is 138 cm³/mol. The van der Waals surface area contributed by atoms with E-state index in [0.717, 1.165) is 47.0 Å². The first-order chi connectivity index (χ1) is 15.5. The molecule has 1 aliphatic carbocycles. The normalized spacial score (nSPS) is 14.5. The van der Waals surface area contributed by atoms with Crippen LogP contribution in [0.3, 0.4) is 0 Å². The molecule has 0 unspecified atom stereocenters. The van der Waals surface area contributed by atoms with Gasteiger partial charge in [0.15, 0.2) is 5.11 Å². The van der Waals surface area contributed by atoms with Crippen LogP contribution in [-0.4, -0.2) is 21.0 Å². The maximum atomic E-state index is 13.1. The summed E-state index contributed by atoms with van der Waals surface area (Å²) in [5.41, 5.74) is 6.28. The predicted octanol–water partition coefficient (Wildman–Crippen LogP) is 6.24. The third-order valence-corrected chi connectivity index (χ3v) is 7.22. The highest BCUT2D eigenvalue weighted by Crippen LogP contribution is 2.26. The van der Waals surface area contributed by atoms with Gasteiger partial charge in [-0.1, -0.05) is 56.5 Å². The van der Waals surface area contributed by atoms with E-state index in [9.17, 15) is 4.79 Å². The van der Waals surface area contributed by atoms with Crippen LogP contribution in [0.15, 0.2) is 47.3 Å². The number of anilines is 1. The molecule has 2 aromatic carbocycles. The van der Waals surface area contributed by atoms with Crippen molar-refractivity contribution >= 4 is 33.9 Å². The number of H-pyrrole nitrogens is 1. The molecule has 0 amide bonds. The van der Waals surface area contributed by atoms with Gasteiger partial charge in [-0.25, -0.2) is 0 Å². The van der Waals surface area contributed by atoms with E-state index < -0.39 is 0 Å². The third kappa shape index (κ3) is 4.73. The van der Waals surface area contributed by atoms with E-state index >= 15 is 0 Å². The molecule has 1 aliphatic rings. The first-order valence-electron chi connectivity index (χ1n) is 11.8. The molecule has 0 aliphatic heterocycles. The molecule has 4 rings (SSSR count). The molecular weight excluding hydrogens is 414 g/mol. The Morgan fingerprint density at radius 1 is 1.09 bits per heavy atom. The van der Waals surface area contributed by atoms with Crippen LogP contribution in [0.1, 0.15) is 61.3 Å². The second-order valence-electron chi connectivity index (χ2n) is 8.96. The minimum atomic E-state index is -0.0243. The van der Waals surface area contributed by atoms with Crippen molar-refractivity contribution in [2.75, 3.05) is 5.32 Å². The van der Waals surface area contributed by atoms with Crippen LogP contribution >= 0.6 is 12.2 Å². The van der Waals surface area contributed by atoms with E-state index in [-0.39, 0.29) is 5.56 Å². The first kappa shape index (κ1) is 22.5. The van der Waals surface area contributed by atoms with Gasteiger partial charge >= 0.3 is 0 Å². The fraction of sp³-hybridized carbons (Fsp3) is 0.407. The molecular formula is C27H33N3OS.